The Morgan fingerprint density at radius 1 is 1.15 bits per heavy atom. The van der Waals surface area contributed by atoms with E-state index in [1.54, 1.807) is 0 Å². The van der Waals surface area contributed by atoms with Crippen LogP contribution < -0.4 is 10.6 Å². The van der Waals surface area contributed by atoms with Crippen molar-refractivity contribution in [1.82, 2.24) is 15.5 Å². The van der Waals surface area contributed by atoms with Crippen molar-refractivity contribution in [3.05, 3.63) is 0 Å². The van der Waals surface area contributed by atoms with Gasteiger partial charge in [-0.05, 0) is 77.4 Å². The number of hydrogen-bond donors (Lipinski definition) is 2. The van der Waals surface area contributed by atoms with Crippen molar-refractivity contribution in [3.8, 4) is 0 Å². The monoisotopic (exact) mass is 398 g/mol. The zero-order valence-electron chi connectivity index (χ0n) is 17.8. The topological polar surface area (TPSA) is 56.7 Å². The first kappa shape index (κ1) is 22.7. The van der Waals surface area contributed by atoms with Crippen LogP contribution in [-0.4, -0.2) is 64.8 Å². The van der Waals surface area contributed by atoms with E-state index in [0.29, 0.717) is 11.3 Å². The Bertz CT molecular complexity index is 463. The average Bonchev–Trinajstić information content (AvgIpc) is 2.69. The van der Waals surface area contributed by atoms with Crippen molar-refractivity contribution in [2.24, 2.45) is 10.9 Å². The number of guanidine groups is 1. The molecule has 158 valence electrons. The molecule has 1 aliphatic heterocycles. The second-order valence-electron chi connectivity index (χ2n) is 8.29. The molecule has 0 radical (unpaired) electrons. The highest BCUT2D eigenvalue weighted by molar-refractivity contribution is 7.85. The third-order valence-electron chi connectivity index (χ3n) is 6.00. The molecule has 2 rings (SSSR count). The van der Waals surface area contributed by atoms with E-state index in [-0.39, 0.29) is 0 Å². The number of hydrogen-bond acceptors (Lipinski definition) is 3. The van der Waals surface area contributed by atoms with Gasteiger partial charge in [0.05, 0.1) is 0 Å². The molecule has 3 atom stereocenters. The van der Waals surface area contributed by atoms with Gasteiger partial charge in [-0.1, -0.05) is 20.3 Å². The van der Waals surface area contributed by atoms with E-state index in [1.165, 1.54) is 45.3 Å². The van der Waals surface area contributed by atoms with Gasteiger partial charge < -0.3 is 15.5 Å². The number of nitrogens with zero attached hydrogens (tertiary/aromatic N) is 2. The second-order valence-corrected chi connectivity index (χ2v) is 10.3. The Morgan fingerprint density at radius 2 is 1.93 bits per heavy atom. The Hall–Kier alpha value is -0.620. The van der Waals surface area contributed by atoms with Crippen LogP contribution in [0.3, 0.4) is 0 Å². The number of likely N-dealkylation sites (tertiary alicyclic amines) is 1. The molecule has 1 saturated carbocycles. The minimum absolute atomic E-state index is 0.358. The molecular formula is C21H42N4OS. The number of aliphatic imine (C=N–C) groups is 1. The standard InChI is InChI=1S/C21H42N4OS/c1-4-22-21(24-19-9-8-10-20(17-19)27(26)5-2)23-13-6-7-14-25-15-11-18(3)12-16-25/h18-20H,4-17H2,1-3H3,(H2,22,23,24). The van der Waals surface area contributed by atoms with Crippen molar-refractivity contribution in [1.29, 1.82) is 0 Å². The molecule has 2 fully saturated rings. The number of unbranched alkanes of at least 4 members (excludes halogenated alkanes) is 1. The van der Waals surface area contributed by atoms with E-state index in [4.69, 9.17) is 4.99 Å². The Morgan fingerprint density at radius 3 is 2.63 bits per heavy atom. The van der Waals surface area contributed by atoms with Crippen molar-refractivity contribution in [3.63, 3.8) is 0 Å². The van der Waals surface area contributed by atoms with Gasteiger partial charge in [-0.15, -0.1) is 0 Å². The van der Waals surface area contributed by atoms with Crippen molar-refractivity contribution in [2.45, 2.75) is 83.4 Å². The van der Waals surface area contributed by atoms with Crippen LogP contribution in [-0.2, 0) is 10.8 Å². The molecule has 0 spiro atoms. The Labute approximate surface area is 169 Å². The fourth-order valence-electron chi connectivity index (χ4n) is 4.19. The van der Waals surface area contributed by atoms with Crippen molar-refractivity contribution >= 4 is 16.8 Å². The van der Waals surface area contributed by atoms with Gasteiger partial charge in [-0.2, -0.15) is 0 Å². The van der Waals surface area contributed by atoms with E-state index in [2.05, 4.69) is 29.4 Å². The third-order valence-corrected chi connectivity index (χ3v) is 7.74. The van der Waals surface area contributed by atoms with Crippen LogP contribution in [0.1, 0.15) is 72.1 Å². The zero-order valence-corrected chi connectivity index (χ0v) is 18.7. The highest BCUT2D eigenvalue weighted by Gasteiger charge is 2.26. The summed E-state index contributed by atoms with van der Waals surface area (Å²) in [6.45, 7) is 12.1. The molecule has 5 nitrogen and oxygen atoms in total. The van der Waals surface area contributed by atoms with Gasteiger partial charge >= 0.3 is 0 Å². The number of piperidine rings is 1. The van der Waals surface area contributed by atoms with Gasteiger partial charge in [0.25, 0.3) is 0 Å². The third kappa shape index (κ3) is 8.51. The first-order chi connectivity index (χ1) is 13.1. The Kier molecular flexibility index (Phi) is 10.7. The molecule has 2 N–H and O–H groups in total. The van der Waals surface area contributed by atoms with E-state index in [0.717, 1.165) is 56.4 Å². The van der Waals surface area contributed by atoms with Crippen molar-refractivity contribution < 1.29 is 4.21 Å². The fourth-order valence-corrected chi connectivity index (χ4v) is 5.54. The van der Waals surface area contributed by atoms with Gasteiger partial charge in [-0.3, -0.25) is 9.20 Å². The van der Waals surface area contributed by atoms with Crippen molar-refractivity contribution in [2.75, 3.05) is 38.5 Å². The van der Waals surface area contributed by atoms with E-state index < -0.39 is 10.8 Å². The van der Waals surface area contributed by atoms with E-state index in [9.17, 15) is 4.21 Å². The summed E-state index contributed by atoms with van der Waals surface area (Å²) < 4.78 is 12.1. The summed E-state index contributed by atoms with van der Waals surface area (Å²) in [6, 6.07) is 0.410. The molecule has 1 aliphatic carbocycles. The molecular weight excluding hydrogens is 356 g/mol. The molecule has 27 heavy (non-hydrogen) atoms. The minimum atomic E-state index is -0.671. The first-order valence-corrected chi connectivity index (χ1v) is 12.6. The second kappa shape index (κ2) is 12.8. The van der Waals surface area contributed by atoms with Crippen LogP contribution in [0.4, 0.5) is 0 Å². The molecule has 0 aromatic heterocycles. The molecule has 0 aromatic carbocycles. The summed E-state index contributed by atoms with van der Waals surface area (Å²) >= 11 is 0. The largest absolute Gasteiger partial charge is 0.357 e. The lowest BCUT2D eigenvalue weighted by atomic mass is 9.95. The zero-order chi connectivity index (χ0) is 19.5. The highest BCUT2D eigenvalue weighted by atomic mass is 32.2. The van der Waals surface area contributed by atoms with Gasteiger partial charge in [0.2, 0.25) is 0 Å². The number of rotatable bonds is 9. The highest BCUT2D eigenvalue weighted by Crippen LogP contribution is 2.23. The Balaban J connectivity index is 1.69. The summed E-state index contributed by atoms with van der Waals surface area (Å²) in [4.78, 5) is 7.41. The summed E-state index contributed by atoms with van der Waals surface area (Å²) in [6.07, 6.45) is 9.56. The van der Waals surface area contributed by atoms with Crippen LogP contribution in [0.25, 0.3) is 0 Å². The molecule has 0 aromatic rings. The molecule has 6 heteroatoms. The summed E-state index contributed by atoms with van der Waals surface area (Å²) in [5.41, 5.74) is 0. The molecule has 0 amide bonds. The predicted molar refractivity (Wildman–Crippen MR) is 118 cm³/mol. The summed E-state index contributed by atoms with van der Waals surface area (Å²) in [7, 11) is -0.671. The van der Waals surface area contributed by atoms with Gasteiger partial charge in [0.15, 0.2) is 5.96 Å². The van der Waals surface area contributed by atoms with Crippen LogP contribution >= 0.6 is 0 Å². The van der Waals surface area contributed by atoms with Gasteiger partial charge in [0.1, 0.15) is 0 Å². The van der Waals surface area contributed by atoms with Gasteiger partial charge in [-0.25, -0.2) is 0 Å². The summed E-state index contributed by atoms with van der Waals surface area (Å²) in [5.74, 6) is 2.63. The van der Waals surface area contributed by atoms with E-state index in [1.807, 2.05) is 6.92 Å². The number of nitrogens with one attached hydrogen (secondary N) is 2. The molecule has 1 heterocycles. The normalized spacial score (nSPS) is 26.7. The van der Waals surface area contributed by atoms with E-state index >= 15 is 0 Å². The van der Waals surface area contributed by atoms with Crippen LogP contribution in [0, 0.1) is 5.92 Å². The quantitative estimate of drug-likeness (QED) is 0.356. The fraction of sp³-hybridized carbons (Fsp3) is 0.952. The maximum atomic E-state index is 12.1. The smallest absolute Gasteiger partial charge is 0.191 e. The minimum Gasteiger partial charge on any atom is -0.357 e. The maximum Gasteiger partial charge on any atom is 0.191 e. The predicted octanol–water partition coefficient (Wildman–Crippen LogP) is 3.13. The first-order valence-electron chi connectivity index (χ1n) is 11.3. The SMILES string of the molecule is CCNC(=NCCCCN1CCC(C)CC1)NC1CCCC(S(=O)CC)C1. The molecule has 1 saturated heterocycles. The molecule has 0 bridgehead atoms. The maximum absolute atomic E-state index is 12.1. The lowest BCUT2D eigenvalue weighted by Gasteiger charge is -2.30. The molecule has 2 aliphatic rings. The average molecular weight is 399 g/mol. The summed E-state index contributed by atoms with van der Waals surface area (Å²) in [5, 5.41) is 7.35. The lowest BCUT2D eigenvalue weighted by molar-refractivity contribution is 0.190. The van der Waals surface area contributed by atoms with Crippen LogP contribution in [0.15, 0.2) is 4.99 Å². The molecule has 3 unspecified atom stereocenters. The van der Waals surface area contributed by atoms with Crippen LogP contribution in [0.5, 0.6) is 0 Å². The van der Waals surface area contributed by atoms with Crippen LogP contribution in [0.2, 0.25) is 0 Å². The van der Waals surface area contributed by atoms with Gasteiger partial charge in [0, 0.05) is 40.9 Å². The lowest BCUT2D eigenvalue weighted by Crippen LogP contribution is -2.46.